The first-order valence-corrected chi connectivity index (χ1v) is 12.0. The van der Waals surface area contributed by atoms with Crippen LogP contribution in [0.2, 0.25) is 0 Å². The molecular weight excluding hydrogens is 454 g/mol. The van der Waals surface area contributed by atoms with E-state index in [1.807, 2.05) is 62.4 Å². The number of thiocarbonyl (C=S) groups is 1. The van der Waals surface area contributed by atoms with E-state index in [0.717, 1.165) is 45.4 Å². The molecule has 2 heterocycles. The molecule has 174 valence electrons. The summed E-state index contributed by atoms with van der Waals surface area (Å²) < 4.78 is 2.16. The van der Waals surface area contributed by atoms with Crippen LogP contribution in [0.4, 0.5) is 5.69 Å². The van der Waals surface area contributed by atoms with Crippen molar-refractivity contribution in [3.05, 3.63) is 101 Å². The standard InChI is InChI=1S/C29H25N3O2S/c1-4-20-12-14-23(15-13-20)32-28(34)25(27(33)30-29(32)35)17-22-16-18(2)31(19(22)3)26-11-7-9-21-8-5-6-10-24(21)26/h5-17H,4H2,1-3H3,(H,30,33,35)/b25-17+. The van der Waals surface area contributed by atoms with Gasteiger partial charge in [0.1, 0.15) is 5.57 Å². The molecule has 1 aliphatic rings. The summed E-state index contributed by atoms with van der Waals surface area (Å²) in [5.74, 6) is -0.922. The lowest BCUT2D eigenvalue weighted by Gasteiger charge is -2.29. The Morgan fingerprint density at radius 2 is 1.66 bits per heavy atom. The maximum Gasteiger partial charge on any atom is 0.270 e. The molecule has 0 atom stereocenters. The van der Waals surface area contributed by atoms with Crippen molar-refractivity contribution in [1.82, 2.24) is 9.88 Å². The van der Waals surface area contributed by atoms with E-state index in [1.54, 1.807) is 6.08 Å². The Balaban J connectivity index is 1.57. The van der Waals surface area contributed by atoms with E-state index in [0.29, 0.717) is 5.69 Å². The molecule has 0 aliphatic carbocycles. The zero-order valence-corrected chi connectivity index (χ0v) is 20.6. The number of anilines is 1. The zero-order valence-electron chi connectivity index (χ0n) is 19.8. The van der Waals surface area contributed by atoms with Crippen LogP contribution in [0.25, 0.3) is 22.5 Å². The number of carbonyl (C=O) groups is 2. The highest BCUT2D eigenvalue weighted by Crippen LogP contribution is 2.29. The summed E-state index contributed by atoms with van der Waals surface area (Å²) in [5.41, 5.74) is 5.66. The van der Waals surface area contributed by atoms with Crippen molar-refractivity contribution < 1.29 is 9.59 Å². The summed E-state index contributed by atoms with van der Waals surface area (Å²) in [6.07, 6.45) is 2.56. The first-order valence-electron chi connectivity index (χ1n) is 11.6. The smallest absolute Gasteiger partial charge is 0.270 e. The molecule has 0 bridgehead atoms. The Labute approximate surface area is 209 Å². The fourth-order valence-corrected chi connectivity index (χ4v) is 4.92. The van der Waals surface area contributed by atoms with E-state index in [9.17, 15) is 9.59 Å². The molecule has 0 spiro atoms. The van der Waals surface area contributed by atoms with Gasteiger partial charge in [-0.15, -0.1) is 0 Å². The number of fused-ring (bicyclic) bond motifs is 1. The van der Waals surface area contributed by atoms with Crippen molar-refractivity contribution in [1.29, 1.82) is 0 Å². The predicted molar refractivity (Wildman–Crippen MR) is 145 cm³/mol. The maximum absolute atomic E-state index is 13.5. The molecule has 5 rings (SSSR count). The second-order valence-corrected chi connectivity index (χ2v) is 9.02. The molecule has 1 fully saturated rings. The molecule has 6 heteroatoms. The zero-order chi connectivity index (χ0) is 24.7. The van der Waals surface area contributed by atoms with Gasteiger partial charge in [0.25, 0.3) is 11.8 Å². The monoisotopic (exact) mass is 479 g/mol. The predicted octanol–water partition coefficient (Wildman–Crippen LogP) is 5.64. The van der Waals surface area contributed by atoms with Crippen molar-refractivity contribution in [3.8, 4) is 5.69 Å². The van der Waals surface area contributed by atoms with Crippen molar-refractivity contribution >= 4 is 51.7 Å². The summed E-state index contributed by atoms with van der Waals surface area (Å²) in [4.78, 5) is 27.7. The van der Waals surface area contributed by atoms with Crippen molar-refractivity contribution in [2.24, 2.45) is 0 Å². The molecule has 0 unspecified atom stereocenters. The Morgan fingerprint density at radius 1 is 0.943 bits per heavy atom. The molecule has 1 aromatic heterocycles. The first kappa shape index (κ1) is 22.7. The molecule has 5 nitrogen and oxygen atoms in total. The molecule has 1 N–H and O–H groups in total. The summed E-state index contributed by atoms with van der Waals surface area (Å²) in [5, 5.41) is 5.05. The van der Waals surface area contributed by atoms with E-state index < -0.39 is 11.8 Å². The summed E-state index contributed by atoms with van der Waals surface area (Å²) in [7, 11) is 0. The largest absolute Gasteiger partial charge is 0.317 e. The number of benzene rings is 3. The van der Waals surface area contributed by atoms with Gasteiger partial charge in [-0.1, -0.05) is 55.5 Å². The lowest BCUT2D eigenvalue weighted by atomic mass is 10.1. The average molecular weight is 480 g/mol. The molecular formula is C29H25N3O2S. The van der Waals surface area contributed by atoms with Crippen LogP contribution in [0.3, 0.4) is 0 Å². The van der Waals surface area contributed by atoms with Crippen LogP contribution in [-0.2, 0) is 16.0 Å². The fourth-order valence-electron chi connectivity index (χ4n) is 4.64. The van der Waals surface area contributed by atoms with E-state index in [-0.39, 0.29) is 10.7 Å². The summed E-state index contributed by atoms with van der Waals surface area (Å²) in [6, 6.07) is 24.1. The van der Waals surface area contributed by atoms with Gasteiger partial charge in [0, 0.05) is 16.8 Å². The number of carbonyl (C=O) groups excluding carboxylic acids is 2. The molecule has 1 aliphatic heterocycles. The number of aromatic nitrogens is 1. The Hall–Kier alpha value is -4.03. The number of nitrogens with one attached hydrogen (secondary N) is 1. The third kappa shape index (κ3) is 3.96. The minimum absolute atomic E-state index is 0.0522. The van der Waals surface area contributed by atoms with Gasteiger partial charge in [-0.2, -0.15) is 0 Å². The molecule has 3 aromatic carbocycles. The van der Waals surface area contributed by atoms with Gasteiger partial charge in [-0.25, -0.2) is 0 Å². The van der Waals surface area contributed by atoms with E-state index >= 15 is 0 Å². The SMILES string of the molecule is CCc1ccc(N2C(=O)/C(=C/c3cc(C)n(-c4cccc5ccccc45)c3C)C(=O)NC2=S)cc1. The summed E-state index contributed by atoms with van der Waals surface area (Å²) >= 11 is 5.34. The molecule has 1 saturated heterocycles. The number of aryl methyl sites for hydroxylation is 2. The molecule has 2 amide bonds. The van der Waals surface area contributed by atoms with Gasteiger partial charge in [-0.3, -0.25) is 19.8 Å². The van der Waals surface area contributed by atoms with Crippen molar-refractivity contribution in [3.63, 3.8) is 0 Å². The number of hydrogen-bond acceptors (Lipinski definition) is 3. The van der Waals surface area contributed by atoms with Crippen LogP contribution in [0.1, 0.15) is 29.4 Å². The van der Waals surface area contributed by atoms with Gasteiger partial charge < -0.3 is 4.57 Å². The van der Waals surface area contributed by atoms with Gasteiger partial charge >= 0.3 is 0 Å². The highest BCUT2D eigenvalue weighted by Gasteiger charge is 2.34. The van der Waals surface area contributed by atoms with Crippen LogP contribution in [0.15, 0.2) is 78.4 Å². The maximum atomic E-state index is 13.5. The lowest BCUT2D eigenvalue weighted by molar-refractivity contribution is -0.122. The number of rotatable bonds is 4. The Bertz CT molecular complexity index is 1520. The van der Waals surface area contributed by atoms with Crippen LogP contribution in [-0.4, -0.2) is 21.5 Å². The highest BCUT2D eigenvalue weighted by molar-refractivity contribution is 7.80. The van der Waals surface area contributed by atoms with E-state index in [1.165, 1.54) is 4.90 Å². The van der Waals surface area contributed by atoms with Gasteiger partial charge in [0.15, 0.2) is 5.11 Å². The van der Waals surface area contributed by atoms with Crippen LogP contribution in [0, 0.1) is 13.8 Å². The number of amides is 2. The van der Waals surface area contributed by atoms with Crippen molar-refractivity contribution in [2.45, 2.75) is 27.2 Å². The van der Waals surface area contributed by atoms with Crippen LogP contribution in [0.5, 0.6) is 0 Å². The van der Waals surface area contributed by atoms with Gasteiger partial charge in [0.05, 0.1) is 11.4 Å². The molecule has 0 saturated carbocycles. The number of nitrogens with zero attached hydrogens (tertiary/aromatic N) is 2. The molecule has 35 heavy (non-hydrogen) atoms. The van der Waals surface area contributed by atoms with E-state index in [4.69, 9.17) is 12.2 Å². The van der Waals surface area contributed by atoms with E-state index in [2.05, 4.69) is 41.1 Å². The Kier molecular flexibility index (Phi) is 5.83. The topological polar surface area (TPSA) is 54.3 Å². The highest BCUT2D eigenvalue weighted by atomic mass is 32.1. The minimum Gasteiger partial charge on any atom is -0.317 e. The fraction of sp³-hybridized carbons (Fsp3) is 0.138. The van der Waals surface area contributed by atoms with Gasteiger partial charge in [0.2, 0.25) is 0 Å². The number of hydrogen-bond donors (Lipinski definition) is 1. The van der Waals surface area contributed by atoms with Gasteiger partial charge in [-0.05, 0) is 79.3 Å². The molecule has 0 radical (unpaired) electrons. The lowest BCUT2D eigenvalue weighted by Crippen LogP contribution is -2.54. The van der Waals surface area contributed by atoms with Crippen LogP contribution >= 0.6 is 12.2 Å². The minimum atomic E-state index is -0.489. The average Bonchev–Trinajstić information content (AvgIpc) is 3.14. The summed E-state index contributed by atoms with van der Waals surface area (Å²) in [6.45, 7) is 6.09. The third-order valence-corrected chi connectivity index (χ3v) is 6.77. The van der Waals surface area contributed by atoms with Crippen LogP contribution < -0.4 is 10.2 Å². The quantitative estimate of drug-likeness (QED) is 0.234. The third-order valence-electron chi connectivity index (χ3n) is 6.48. The normalized spacial score (nSPS) is 15.2. The molecule has 4 aromatic rings. The van der Waals surface area contributed by atoms with Crippen molar-refractivity contribution in [2.75, 3.05) is 4.90 Å². The Morgan fingerprint density at radius 3 is 2.40 bits per heavy atom. The second-order valence-electron chi connectivity index (χ2n) is 8.64. The second kappa shape index (κ2) is 8.96. The first-order chi connectivity index (χ1) is 16.9.